The topological polar surface area (TPSA) is 46.6 Å². The van der Waals surface area contributed by atoms with Crippen LogP contribution in [0, 0.1) is 6.92 Å². The van der Waals surface area contributed by atoms with E-state index in [0.717, 1.165) is 15.6 Å². The van der Waals surface area contributed by atoms with Crippen molar-refractivity contribution in [3.05, 3.63) is 88.4 Å². The molecule has 0 atom stereocenters. The summed E-state index contributed by atoms with van der Waals surface area (Å²) in [5, 5.41) is 0. The predicted octanol–water partition coefficient (Wildman–Crippen LogP) is 5.16. The Balaban J connectivity index is 2.09. The number of anilines is 1. The van der Waals surface area contributed by atoms with Gasteiger partial charge in [0.25, 0.3) is 10.0 Å². The predicted molar refractivity (Wildman–Crippen MR) is 112 cm³/mol. The second-order valence-electron chi connectivity index (χ2n) is 6.09. The van der Waals surface area contributed by atoms with E-state index < -0.39 is 10.0 Å². The summed E-state index contributed by atoms with van der Waals surface area (Å²) in [6.07, 6.45) is 0. The minimum absolute atomic E-state index is 0.219. The molecular formula is C21H20BrNO3S. The smallest absolute Gasteiger partial charge is 0.264 e. The monoisotopic (exact) mass is 445 g/mol. The lowest BCUT2D eigenvalue weighted by molar-refractivity contribution is 0.414. The molecular weight excluding hydrogens is 426 g/mol. The van der Waals surface area contributed by atoms with Gasteiger partial charge in [-0.1, -0.05) is 46.3 Å². The van der Waals surface area contributed by atoms with Crippen LogP contribution in [-0.2, 0) is 16.6 Å². The first-order valence-electron chi connectivity index (χ1n) is 8.38. The number of ether oxygens (including phenoxy) is 1. The molecule has 0 saturated heterocycles. The molecule has 0 heterocycles. The van der Waals surface area contributed by atoms with Gasteiger partial charge in [-0.3, -0.25) is 4.31 Å². The number of methoxy groups -OCH3 is 1. The van der Waals surface area contributed by atoms with E-state index >= 15 is 0 Å². The van der Waals surface area contributed by atoms with E-state index in [1.54, 1.807) is 43.5 Å². The molecule has 6 heteroatoms. The molecule has 0 unspecified atom stereocenters. The molecule has 27 heavy (non-hydrogen) atoms. The molecule has 0 spiro atoms. The normalized spacial score (nSPS) is 11.2. The average molecular weight is 446 g/mol. The summed E-state index contributed by atoms with van der Waals surface area (Å²) in [6, 6.07) is 21.5. The SMILES string of the molecule is COc1ccc(S(=O)(=O)N(Cc2ccccc2C)c2cccc(Br)c2)cc1. The summed E-state index contributed by atoms with van der Waals surface area (Å²) in [4.78, 5) is 0.219. The van der Waals surface area contributed by atoms with E-state index in [0.29, 0.717) is 11.4 Å². The molecule has 0 radical (unpaired) electrons. The molecule has 0 fully saturated rings. The van der Waals surface area contributed by atoms with Gasteiger partial charge in [0.15, 0.2) is 0 Å². The molecule has 0 saturated carbocycles. The van der Waals surface area contributed by atoms with Gasteiger partial charge in [-0.25, -0.2) is 8.42 Å². The number of sulfonamides is 1. The van der Waals surface area contributed by atoms with Crippen LogP contribution in [0.25, 0.3) is 0 Å². The zero-order valence-electron chi connectivity index (χ0n) is 15.1. The van der Waals surface area contributed by atoms with Gasteiger partial charge in [-0.2, -0.15) is 0 Å². The number of hydrogen-bond donors (Lipinski definition) is 0. The maximum atomic E-state index is 13.4. The van der Waals surface area contributed by atoms with Gasteiger partial charge in [0.05, 0.1) is 24.2 Å². The summed E-state index contributed by atoms with van der Waals surface area (Å²) in [5.41, 5.74) is 2.60. The second-order valence-corrected chi connectivity index (χ2v) is 8.87. The van der Waals surface area contributed by atoms with Crippen LogP contribution in [0.3, 0.4) is 0 Å². The van der Waals surface area contributed by atoms with Crippen molar-refractivity contribution >= 4 is 31.6 Å². The molecule has 0 N–H and O–H groups in total. The van der Waals surface area contributed by atoms with Crippen molar-refractivity contribution in [3.8, 4) is 5.75 Å². The molecule has 0 aliphatic carbocycles. The van der Waals surface area contributed by atoms with Crippen molar-refractivity contribution in [3.63, 3.8) is 0 Å². The highest BCUT2D eigenvalue weighted by Gasteiger charge is 2.26. The van der Waals surface area contributed by atoms with Gasteiger partial charge in [0.2, 0.25) is 0 Å². The summed E-state index contributed by atoms with van der Waals surface area (Å²) in [6.45, 7) is 2.23. The van der Waals surface area contributed by atoms with Gasteiger partial charge < -0.3 is 4.74 Å². The number of halogens is 1. The second kappa shape index (κ2) is 8.15. The Bertz CT molecular complexity index is 1030. The molecule has 3 rings (SSSR count). The van der Waals surface area contributed by atoms with Crippen molar-refractivity contribution in [2.24, 2.45) is 0 Å². The number of benzene rings is 3. The Labute approximate surface area is 168 Å². The van der Waals surface area contributed by atoms with Gasteiger partial charge in [0, 0.05) is 4.47 Å². The van der Waals surface area contributed by atoms with Crippen LogP contribution in [0.2, 0.25) is 0 Å². The lowest BCUT2D eigenvalue weighted by atomic mass is 10.1. The summed E-state index contributed by atoms with van der Waals surface area (Å²) in [5.74, 6) is 0.613. The fourth-order valence-electron chi connectivity index (χ4n) is 2.76. The molecule has 0 amide bonds. The van der Waals surface area contributed by atoms with Crippen molar-refractivity contribution in [1.29, 1.82) is 0 Å². The fraction of sp³-hybridized carbons (Fsp3) is 0.143. The third-order valence-corrected chi connectivity index (χ3v) is 6.60. The first kappa shape index (κ1) is 19.5. The quantitative estimate of drug-likeness (QED) is 0.526. The highest BCUT2D eigenvalue weighted by Crippen LogP contribution is 2.29. The van der Waals surface area contributed by atoms with E-state index in [-0.39, 0.29) is 11.4 Å². The molecule has 0 bridgehead atoms. The van der Waals surface area contributed by atoms with E-state index in [9.17, 15) is 8.42 Å². The van der Waals surface area contributed by atoms with Crippen molar-refractivity contribution in [2.75, 3.05) is 11.4 Å². The van der Waals surface area contributed by atoms with Gasteiger partial charge in [-0.05, 0) is 60.5 Å². The fourth-order valence-corrected chi connectivity index (χ4v) is 4.59. The zero-order chi connectivity index (χ0) is 19.4. The molecule has 0 aliphatic heterocycles. The summed E-state index contributed by atoms with van der Waals surface area (Å²) < 4.78 is 34.2. The van der Waals surface area contributed by atoms with Crippen LogP contribution < -0.4 is 9.04 Å². The molecule has 3 aromatic rings. The van der Waals surface area contributed by atoms with Gasteiger partial charge >= 0.3 is 0 Å². The standard InChI is InChI=1S/C21H20BrNO3S/c1-16-6-3-4-7-17(16)15-23(19-9-5-8-18(22)14-19)27(24,25)21-12-10-20(26-2)11-13-21/h3-14H,15H2,1-2H3. The highest BCUT2D eigenvalue weighted by atomic mass is 79.9. The lowest BCUT2D eigenvalue weighted by Gasteiger charge is -2.25. The Hall–Kier alpha value is -2.31. The van der Waals surface area contributed by atoms with Crippen LogP contribution in [0.1, 0.15) is 11.1 Å². The Morgan fingerprint density at radius 3 is 2.30 bits per heavy atom. The Kier molecular flexibility index (Phi) is 5.87. The maximum absolute atomic E-state index is 13.4. The van der Waals surface area contributed by atoms with Crippen molar-refractivity contribution in [2.45, 2.75) is 18.4 Å². The van der Waals surface area contributed by atoms with Crippen LogP contribution >= 0.6 is 15.9 Å². The van der Waals surface area contributed by atoms with E-state index in [4.69, 9.17) is 4.74 Å². The first-order valence-corrected chi connectivity index (χ1v) is 10.6. The van der Waals surface area contributed by atoms with Crippen molar-refractivity contribution < 1.29 is 13.2 Å². The Morgan fingerprint density at radius 2 is 1.67 bits per heavy atom. The summed E-state index contributed by atoms with van der Waals surface area (Å²) >= 11 is 3.43. The third-order valence-electron chi connectivity index (χ3n) is 4.32. The van der Waals surface area contributed by atoms with Crippen LogP contribution in [0.4, 0.5) is 5.69 Å². The number of hydrogen-bond acceptors (Lipinski definition) is 3. The largest absolute Gasteiger partial charge is 0.497 e. The Morgan fingerprint density at radius 1 is 0.963 bits per heavy atom. The van der Waals surface area contributed by atoms with E-state index in [2.05, 4.69) is 15.9 Å². The van der Waals surface area contributed by atoms with Crippen LogP contribution in [-0.4, -0.2) is 15.5 Å². The number of aryl methyl sites for hydroxylation is 1. The minimum atomic E-state index is -3.75. The zero-order valence-corrected chi connectivity index (χ0v) is 17.5. The molecule has 0 aromatic heterocycles. The molecule has 0 aliphatic rings. The minimum Gasteiger partial charge on any atom is -0.497 e. The molecule has 4 nitrogen and oxygen atoms in total. The van der Waals surface area contributed by atoms with Crippen molar-refractivity contribution in [1.82, 2.24) is 0 Å². The third kappa shape index (κ3) is 4.34. The first-order chi connectivity index (χ1) is 12.9. The maximum Gasteiger partial charge on any atom is 0.264 e. The lowest BCUT2D eigenvalue weighted by Crippen LogP contribution is -2.30. The average Bonchev–Trinajstić information content (AvgIpc) is 2.67. The number of rotatable bonds is 6. The van der Waals surface area contributed by atoms with Crippen LogP contribution in [0.5, 0.6) is 5.75 Å². The van der Waals surface area contributed by atoms with Gasteiger partial charge in [0.1, 0.15) is 5.75 Å². The van der Waals surface area contributed by atoms with E-state index in [1.807, 2.05) is 43.3 Å². The molecule has 140 valence electrons. The van der Waals surface area contributed by atoms with Crippen LogP contribution in [0.15, 0.2) is 82.2 Å². The molecule has 3 aromatic carbocycles. The van der Waals surface area contributed by atoms with E-state index in [1.165, 1.54) is 4.31 Å². The summed E-state index contributed by atoms with van der Waals surface area (Å²) in [7, 11) is -2.20. The number of nitrogens with zero attached hydrogens (tertiary/aromatic N) is 1. The highest BCUT2D eigenvalue weighted by molar-refractivity contribution is 9.10. The van der Waals surface area contributed by atoms with Gasteiger partial charge in [-0.15, -0.1) is 0 Å².